The number of piperazine rings is 2. The van der Waals surface area contributed by atoms with E-state index in [1.807, 2.05) is 32.6 Å². The predicted molar refractivity (Wildman–Crippen MR) is 192 cm³/mol. The second-order valence-corrected chi connectivity index (χ2v) is 16.1. The molecule has 4 rings (SSSR count). The molecule has 17 heteroatoms. The van der Waals surface area contributed by atoms with Crippen molar-refractivity contribution < 1.29 is 27.5 Å². The number of aryl methyl sites for hydroxylation is 1. The minimum atomic E-state index is -3.84. The van der Waals surface area contributed by atoms with Crippen LogP contribution in [-0.4, -0.2) is 147 Å². The Morgan fingerprint density at radius 2 is 1.62 bits per heavy atom. The Bertz CT molecular complexity index is 1520. The van der Waals surface area contributed by atoms with Crippen LogP contribution in [0.1, 0.15) is 49.0 Å². The van der Waals surface area contributed by atoms with Crippen molar-refractivity contribution in [3.63, 3.8) is 0 Å². The number of nitrogens with one attached hydrogen (secondary N) is 4. The average Bonchev–Trinajstić information content (AvgIpc) is 3.63. The number of carbonyl (C=O) groups is 3. The van der Waals surface area contributed by atoms with Gasteiger partial charge in [0.05, 0.1) is 17.6 Å². The van der Waals surface area contributed by atoms with E-state index < -0.39 is 33.7 Å². The molecule has 2 amide bonds. The Kier molecular flexibility index (Phi) is 14.4. The zero-order valence-corrected chi connectivity index (χ0v) is 31.0. The summed E-state index contributed by atoms with van der Waals surface area (Å²) >= 11 is 1.19. The minimum absolute atomic E-state index is 0.117. The summed E-state index contributed by atoms with van der Waals surface area (Å²) < 4.78 is 34.0. The number of amides is 2. The summed E-state index contributed by atoms with van der Waals surface area (Å²) in [6, 6.07) is 5.60. The third-order valence-electron chi connectivity index (χ3n) is 8.54. The lowest BCUT2D eigenvalue weighted by molar-refractivity contribution is -0.129. The van der Waals surface area contributed by atoms with E-state index in [0.29, 0.717) is 45.7 Å². The highest BCUT2D eigenvalue weighted by atomic mass is 32.2. The maximum absolute atomic E-state index is 13.8. The highest BCUT2D eigenvalue weighted by Crippen LogP contribution is 2.15. The van der Waals surface area contributed by atoms with Gasteiger partial charge in [-0.2, -0.15) is 4.72 Å². The Labute approximate surface area is 299 Å². The molecule has 3 heterocycles. The number of rotatable bonds is 16. The van der Waals surface area contributed by atoms with Gasteiger partial charge in [0.1, 0.15) is 11.8 Å². The Morgan fingerprint density at radius 3 is 2.18 bits per heavy atom. The van der Waals surface area contributed by atoms with Gasteiger partial charge in [0.25, 0.3) is 5.91 Å². The topological polar surface area (TPSA) is 180 Å². The van der Waals surface area contributed by atoms with Gasteiger partial charge in [-0.05, 0) is 58.9 Å². The van der Waals surface area contributed by atoms with Gasteiger partial charge in [0, 0.05) is 77.0 Å². The summed E-state index contributed by atoms with van der Waals surface area (Å²) in [5.41, 5.74) is 0.409. The van der Waals surface area contributed by atoms with Crippen LogP contribution >= 0.6 is 11.3 Å². The first kappa shape index (κ1) is 39.5. The summed E-state index contributed by atoms with van der Waals surface area (Å²) in [6.45, 7) is 14.1. The van der Waals surface area contributed by atoms with Gasteiger partial charge in [0.15, 0.2) is 5.01 Å². The Balaban J connectivity index is 1.35. The molecule has 2 aliphatic heterocycles. The molecule has 15 nitrogen and oxygen atoms in total. The Morgan fingerprint density at radius 1 is 1.00 bits per heavy atom. The van der Waals surface area contributed by atoms with Crippen molar-refractivity contribution in [3.05, 3.63) is 46.4 Å². The van der Waals surface area contributed by atoms with Crippen LogP contribution in [0.15, 0.2) is 40.7 Å². The van der Waals surface area contributed by atoms with Crippen molar-refractivity contribution in [2.24, 2.45) is 0 Å². The molecule has 1 aromatic heterocycles. The molecule has 2 saturated heterocycles. The van der Waals surface area contributed by atoms with Crippen molar-refractivity contribution in [2.75, 3.05) is 72.1 Å². The summed E-state index contributed by atoms with van der Waals surface area (Å²) in [5, 5.41) is 15.4. The van der Waals surface area contributed by atoms with Crippen LogP contribution in [-0.2, 0) is 19.6 Å². The van der Waals surface area contributed by atoms with Crippen LogP contribution in [0.5, 0.6) is 0 Å². The average molecular weight is 734 g/mol. The number of sulfonamides is 1. The van der Waals surface area contributed by atoms with Crippen molar-refractivity contribution >= 4 is 45.4 Å². The molecule has 1 unspecified atom stereocenters. The van der Waals surface area contributed by atoms with Gasteiger partial charge < -0.3 is 20.4 Å². The molecule has 0 radical (unpaired) electrons. The molecule has 2 aromatic rings. The van der Waals surface area contributed by atoms with Gasteiger partial charge >= 0.3 is 6.09 Å². The number of ketones is 1. The number of aromatic nitrogens is 1. The van der Waals surface area contributed by atoms with Crippen molar-refractivity contribution in [2.45, 2.75) is 63.2 Å². The number of carbonyl (C=O) groups excluding carboxylic acids is 3. The van der Waals surface area contributed by atoms with Crippen LogP contribution in [0.2, 0.25) is 0 Å². The van der Waals surface area contributed by atoms with Gasteiger partial charge in [-0.25, -0.2) is 18.2 Å². The molecular formula is C33H51N9O6S2. The first-order chi connectivity index (χ1) is 23.8. The smallest absolute Gasteiger partial charge is 0.410 e. The number of hydrogen-bond donors (Lipinski definition) is 4. The highest BCUT2D eigenvalue weighted by Gasteiger charge is 2.33. The fourth-order valence-corrected chi connectivity index (χ4v) is 7.26. The van der Waals surface area contributed by atoms with Crippen molar-refractivity contribution in [1.82, 2.24) is 39.9 Å². The van der Waals surface area contributed by atoms with E-state index in [1.165, 1.54) is 35.9 Å². The van der Waals surface area contributed by atoms with E-state index in [-0.39, 0.29) is 34.9 Å². The first-order valence-corrected chi connectivity index (χ1v) is 19.3. The predicted octanol–water partition coefficient (Wildman–Crippen LogP) is 1.57. The molecule has 1 aromatic carbocycles. The van der Waals surface area contributed by atoms with Crippen LogP contribution in [0, 0.1) is 12.3 Å². The van der Waals surface area contributed by atoms with E-state index in [0.717, 1.165) is 31.7 Å². The normalized spacial score (nSPS) is 18.0. The summed E-state index contributed by atoms with van der Waals surface area (Å²) in [4.78, 5) is 52.1. The number of nitrogens with zero attached hydrogens (tertiary/aromatic N) is 5. The molecule has 2 aliphatic rings. The van der Waals surface area contributed by atoms with Gasteiger partial charge in [-0.1, -0.05) is 17.7 Å². The van der Waals surface area contributed by atoms with Gasteiger partial charge in [-0.15, -0.1) is 11.3 Å². The lowest BCUT2D eigenvalue weighted by atomic mass is 10.1. The van der Waals surface area contributed by atoms with Crippen LogP contribution in [0.4, 0.5) is 4.79 Å². The molecular weight excluding hydrogens is 683 g/mol. The first-order valence-electron chi connectivity index (χ1n) is 16.9. The SMILES string of the molecule is Cc1ccc(S(=O)(=O)NCN[C@H](C(=O)NC(CCC=N)C(=O)c2nccs2)N2CCN(CCN3CCN(C(=O)OC(C)(C)C)CC3)CC2)cc1. The molecule has 50 heavy (non-hydrogen) atoms. The van der Waals surface area contributed by atoms with Crippen LogP contribution < -0.4 is 15.4 Å². The number of ether oxygens (including phenoxy) is 1. The molecule has 0 aliphatic carbocycles. The zero-order chi connectivity index (χ0) is 36.3. The summed E-state index contributed by atoms with van der Waals surface area (Å²) in [6.07, 6.45) is 2.05. The van der Waals surface area contributed by atoms with Gasteiger partial charge in [0.2, 0.25) is 15.8 Å². The number of hydrogen-bond acceptors (Lipinski definition) is 13. The molecule has 276 valence electrons. The third-order valence-corrected chi connectivity index (χ3v) is 10.7. The summed E-state index contributed by atoms with van der Waals surface area (Å²) in [7, 11) is -3.84. The number of thiazole rings is 1. The monoisotopic (exact) mass is 733 g/mol. The fourth-order valence-electron chi connectivity index (χ4n) is 5.69. The maximum atomic E-state index is 13.8. The second-order valence-electron chi connectivity index (χ2n) is 13.5. The number of Topliss-reactive ketones (excluding diaryl/α,β-unsaturated/α-hetero) is 1. The van der Waals surface area contributed by atoms with Crippen LogP contribution in [0.3, 0.4) is 0 Å². The van der Waals surface area contributed by atoms with E-state index >= 15 is 0 Å². The molecule has 2 atom stereocenters. The highest BCUT2D eigenvalue weighted by molar-refractivity contribution is 7.89. The van der Waals surface area contributed by atoms with Crippen LogP contribution in [0.25, 0.3) is 0 Å². The van der Waals surface area contributed by atoms with E-state index in [4.69, 9.17) is 10.1 Å². The molecule has 0 saturated carbocycles. The lowest BCUT2D eigenvalue weighted by Gasteiger charge is -2.40. The summed E-state index contributed by atoms with van der Waals surface area (Å²) in [5.74, 6) is -0.790. The van der Waals surface area contributed by atoms with E-state index in [2.05, 4.69) is 30.1 Å². The quantitative estimate of drug-likeness (QED) is 0.112. The lowest BCUT2D eigenvalue weighted by Crippen LogP contribution is -2.63. The minimum Gasteiger partial charge on any atom is -0.444 e. The molecule has 0 spiro atoms. The van der Waals surface area contributed by atoms with Crippen molar-refractivity contribution in [1.29, 1.82) is 5.41 Å². The molecule has 0 bridgehead atoms. The van der Waals surface area contributed by atoms with Gasteiger partial charge in [-0.3, -0.25) is 29.6 Å². The maximum Gasteiger partial charge on any atom is 0.410 e. The molecule has 2 fully saturated rings. The largest absolute Gasteiger partial charge is 0.444 e. The number of benzene rings is 1. The van der Waals surface area contributed by atoms with E-state index in [9.17, 15) is 22.8 Å². The molecule has 4 N–H and O–H groups in total. The zero-order valence-electron chi connectivity index (χ0n) is 29.4. The standard InChI is InChI=1S/C33H51N9O6S2/c1-25-7-9-26(10-8-25)50(46,47)37-24-36-29(30(44)38-27(6-5-11-34)28(43)31-35-12-23-49-31)41-19-15-39(16-20-41)13-14-40-17-21-42(22-18-40)32(45)48-33(2,3)4/h7-12,23,27,29,34,36-37H,5-6,13-22,24H2,1-4H3,(H,38,44)/t27?,29-/m0/s1. The second kappa shape index (κ2) is 18.3. The Hall–Kier alpha value is -3.32. The van der Waals surface area contributed by atoms with Crippen molar-refractivity contribution in [3.8, 4) is 0 Å². The fraction of sp³-hybridized carbons (Fsp3) is 0.606. The van der Waals surface area contributed by atoms with E-state index in [1.54, 1.807) is 22.4 Å². The third kappa shape index (κ3) is 11.9.